The number of anilines is 1. The summed E-state index contributed by atoms with van der Waals surface area (Å²) in [7, 11) is -0.370. The summed E-state index contributed by atoms with van der Waals surface area (Å²) >= 11 is 5.95. The van der Waals surface area contributed by atoms with E-state index in [2.05, 4.69) is 25.2 Å². The van der Waals surface area contributed by atoms with E-state index >= 15 is 0 Å². The molecule has 0 aliphatic heterocycles. The standard InChI is InChI=1S/C11H15ClN6O2S/c1-7(11-16-15-6-18(11)3)17-21(19,20)8-4-9(12)10(13-2)14-5-8/h4-7,17H,1-3H3,(H,13,14). The van der Waals surface area contributed by atoms with Gasteiger partial charge in [-0.3, -0.25) is 0 Å². The van der Waals surface area contributed by atoms with Crippen LogP contribution in [-0.4, -0.2) is 35.2 Å². The highest BCUT2D eigenvalue weighted by Crippen LogP contribution is 2.23. The largest absolute Gasteiger partial charge is 0.372 e. The van der Waals surface area contributed by atoms with Gasteiger partial charge in [0.05, 0.1) is 11.1 Å². The molecule has 8 nitrogen and oxygen atoms in total. The van der Waals surface area contributed by atoms with E-state index in [4.69, 9.17) is 11.6 Å². The number of hydrogen-bond donors (Lipinski definition) is 2. The Hall–Kier alpha value is -1.71. The topological polar surface area (TPSA) is 102 Å². The van der Waals surface area contributed by atoms with Crippen LogP contribution in [-0.2, 0) is 17.1 Å². The van der Waals surface area contributed by atoms with Crippen LogP contribution >= 0.6 is 11.6 Å². The fourth-order valence-corrected chi connectivity index (χ4v) is 3.29. The van der Waals surface area contributed by atoms with Crippen molar-refractivity contribution in [2.45, 2.75) is 17.9 Å². The molecular formula is C11H15ClN6O2S. The molecule has 0 fully saturated rings. The van der Waals surface area contributed by atoms with Gasteiger partial charge >= 0.3 is 0 Å². The maximum absolute atomic E-state index is 12.3. The van der Waals surface area contributed by atoms with Crippen molar-refractivity contribution in [1.82, 2.24) is 24.5 Å². The molecule has 0 aliphatic rings. The Kier molecular flexibility index (Phi) is 4.45. The molecule has 1 atom stereocenters. The fraction of sp³-hybridized carbons (Fsp3) is 0.364. The monoisotopic (exact) mass is 330 g/mol. The minimum atomic E-state index is -3.76. The Bertz CT molecular complexity index is 745. The molecule has 2 aromatic rings. The van der Waals surface area contributed by atoms with E-state index in [1.54, 1.807) is 25.6 Å². The van der Waals surface area contributed by atoms with E-state index < -0.39 is 16.1 Å². The average Bonchev–Trinajstić information content (AvgIpc) is 2.84. The third-order valence-electron chi connectivity index (χ3n) is 2.83. The first-order chi connectivity index (χ1) is 9.85. The summed E-state index contributed by atoms with van der Waals surface area (Å²) in [6, 6.07) is 0.803. The lowest BCUT2D eigenvalue weighted by molar-refractivity contribution is 0.553. The van der Waals surface area contributed by atoms with Crippen LogP contribution in [0.15, 0.2) is 23.5 Å². The molecule has 21 heavy (non-hydrogen) atoms. The number of pyridine rings is 1. The first kappa shape index (κ1) is 15.7. The van der Waals surface area contributed by atoms with E-state index in [1.807, 2.05) is 0 Å². The van der Waals surface area contributed by atoms with Crippen molar-refractivity contribution in [2.24, 2.45) is 7.05 Å². The number of nitrogens with zero attached hydrogens (tertiary/aromatic N) is 4. The summed E-state index contributed by atoms with van der Waals surface area (Å²) in [4.78, 5) is 3.94. The predicted octanol–water partition coefficient (Wildman–Crippen LogP) is 0.945. The van der Waals surface area contributed by atoms with Gasteiger partial charge in [0.2, 0.25) is 10.0 Å². The molecule has 2 heterocycles. The zero-order valence-corrected chi connectivity index (χ0v) is 13.3. The number of aromatic nitrogens is 4. The summed E-state index contributed by atoms with van der Waals surface area (Å²) in [6.07, 6.45) is 2.74. The highest BCUT2D eigenvalue weighted by molar-refractivity contribution is 7.89. The van der Waals surface area contributed by atoms with Crippen molar-refractivity contribution in [2.75, 3.05) is 12.4 Å². The smallest absolute Gasteiger partial charge is 0.242 e. The maximum Gasteiger partial charge on any atom is 0.242 e. The SMILES string of the molecule is CNc1ncc(S(=O)(=O)NC(C)c2nncn2C)cc1Cl. The summed E-state index contributed by atoms with van der Waals surface area (Å²) in [5.41, 5.74) is 0. The fourth-order valence-electron chi connectivity index (χ4n) is 1.79. The summed E-state index contributed by atoms with van der Waals surface area (Å²) in [5.74, 6) is 0.918. The minimum Gasteiger partial charge on any atom is -0.372 e. The number of halogens is 1. The molecule has 2 rings (SSSR count). The van der Waals surface area contributed by atoms with Crippen molar-refractivity contribution < 1.29 is 8.42 Å². The molecule has 0 bridgehead atoms. The molecule has 0 aliphatic carbocycles. The molecule has 2 N–H and O–H groups in total. The van der Waals surface area contributed by atoms with Crippen LogP contribution in [0, 0.1) is 0 Å². The van der Waals surface area contributed by atoms with Gasteiger partial charge in [0.1, 0.15) is 22.9 Å². The lowest BCUT2D eigenvalue weighted by Crippen LogP contribution is -2.28. The van der Waals surface area contributed by atoms with Crippen LogP contribution in [0.5, 0.6) is 0 Å². The van der Waals surface area contributed by atoms with Crippen LogP contribution < -0.4 is 10.0 Å². The first-order valence-corrected chi connectivity index (χ1v) is 7.91. The van der Waals surface area contributed by atoms with Crippen LogP contribution in [0.2, 0.25) is 5.02 Å². The van der Waals surface area contributed by atoms with Gasteiger partial charge < -0.3 is 9.88 Å². The number of nitrogens with one attached hydrogen (secondary N) is 2. The minimum absolute atomic E-state index is 0.0134. The van der Waals surface area contributed by atoms with Crippen molar-refractivity contribution >= 4 is 27.4 Å². The van der Waals surface area contributed by atoms with E-state index in [9.17, 15) is 8.42 Å². The van der Waals surface area contributed by atoms with Gasteiger partial charge in [-0.25, -0.2) is 18.1 Å². The van der Waals surface area contributed by atoms with E-state index in [-0.39, 0.29) is 9.92 Å². The quantitative estimate of drug-likeness (QED) is 0.846. The Balaban J connectivity index is 2.26. The number of hydrogen-bond acceptors (Lipinski definition) is 6. The van der Waals surface area contributed by atoms with Gasteiger partial charge in [-0.15, -0.1) is 10.2 Å². The lowest BCUT2D eigenvalue weighted by Gasteiger charge is -2.13. The lowest BCUT2D eigenvalue weighted by atomic mass is 10.3. The molecule has 0 radical (unpaired) electrons. The first-order valence-electron chi connectivity index (χ1n) is 6.04. The van der Waals surface area contributed by atoms with E-state index in [0.29, 0.717) is 11.6 Å². The van der Waals surface area contributed by atoms with Gasteiger partial charge in [-0.1, -0.05) is 11.6 Å². The van der Waals surface area contributed by atoms with Crippen LogP contribution in [0.4, 0.5) is 5.82 Å². The van der Waals surface area contributed by atoms with Crippen molar-refractivity contribution in [1.29, 1.82) is 0 Å². The molecule has 0 saturated carbocycles. The van der Waals surface area contributed by atoms with Gasteiger partial charge in [0.25, 0.3) is 0 Å². The molecule has 0 aromatic carbocycles. The van der Waals surface area contributed by atoms with Crippen LogP contribution in [0.3, 0.4) is 0 Å². The molecule has 2 aromatic heterocycles. The highest BCUT2D eigenvalue weighted by atomic mass is 35.5. The Morgan fingerprint density at radius 1 is 1.43 bits per heavy atom. The zero-order valence-electron chi connectivity index (χ0n) is 11.7. The number of sulfonamides is 1. The Morgan fingerprint density at radius 2 is 2.14 bits per heavy atom. The summed E-state index contributed by atoms with van der Waals surface area (Å²) < 4.78 is 28.8. The molecule has 0 amide bonds. The van der Waals surface area contributed by atoms with Gasteiger partial charge in [0, 0.05) is 20.3 Å². The van der Waals surface area contributed by atoms with Crippen molar-refractivity contribution in [3.8, 4) is 0 Å². The molecule has 10 heteroatoms. The Morgan fingerprint density at radius 3 is 2.67 bits per heavy atom. The third-order valence-corrected chi connectivity index (χ3v) is 4.62. The zero-order chi connectivity index (χ0) is 15.6. The van der Waals surface area contributed by atoms with Gasteiger partial charge in [0.15, 0.2) is 0 Å². The second-order valence-electron chi connectivity index (χ2n) is 4.39. The molecule has 1 unspecified atom stereocenters. The number of aryl methyl sites for hydroxylation is 1. The van der Waals surface area contributed by atoms with Gasteiger partial charge in [-0.05, 0) is 13.0 Å². The Labute approximate surface area is 127 Å². The molecular weight excluding hydrogens is 316 g/mol. The molecule has 114 valence electrons. The van der Waals surface area contributed by atoms with Crippen LogP contribution in [0.1, 0.15) is 18.8 Å². The third kappa shape index (κ3) is 3.31. The van der Waals surface area contributed by atoms with Gasteiger partial charge in [-0.2, -0.15) is 0 Å². The van der Waals surface area contributed by atoms with Crippen molar-refractivity contribution in [3.63, 3.8) is 0 Å². The average molecular weight is 331 g/mol. The normalized spacial score (nSPS) is 13.1. The second-order valence-corrected chi connectivity index (χ2v) is 6.52. The van der Waals surface area contributed by atoms with E-state index in [1.165, 1.54) is 18.6 Å². The predicted molar refractivity (Wildman–Crippen MR) is 78.5 cm³/mol. The highest BCUT2D eigenvalue weighted by Gasteiger charge is 2.22. The second kappa shape index (κ2) is 5.96. The van der Waals surface area contributed by atoms with Crippen LogP contribution in [0.25, 0.3) is 0 Å². The summed E-state index contributed by atoms with van der Waals surface area (Å²) in [5, 5.41) is 10.6. The number of rotatable bonds is 5. The molecule has 0 saturated heterocycles. The maximum atomic E-state index is 12.3. The van der Waals surface area contributed by atoms with Crippen molar-refractivity contribution in [3.05, 3.63) is 29.4 Å². The molecule has 0 spiro atoms. The van der Waals surface area contributed by atoms with E-state index in [0.717, 1.165) is 0 Å². The summed E-state index contributed by atoms with van der Waals surface area (Å²) in [6.45, 7) is 1.68.